The molecule has 0 saturated heterocycles. The first-order chi connectivity index (χ1) is 8.81. The van der Waals surface area contributed by atoms with E-state index in [9.17, 15) is 8.42 Å². The minimum Gasteiger partial charge on any atom is -0.281 e. The van der Waals surface area contributed by atoms with Gasteiger partial charge in [0.05, 0.1) is 17.6 Å². The van der Waals surface area contributed by atoms with Crippen molar-refractivity contribution in [2.45, 2.75) is 18.7 Å². The van der Waals surface area contributed by atoms with Gasteiger partial charge in [-0.2, -0.15) is 5.10 Å². The summed E-state index contributed by atoms with van der Waals surface area (Å²) in [4.78, 5) is 0.107. The molecule has 0 aliphatic carbocycles. The lowest BCUT2D eigenvalue weighted by molar-refractivity contribution is 0.600. The quantitative estimate of drug-likeness (QED) is 0.878. The van der Waals surface area contributed by atoms with Crippen LogP contribution in [0.3, 0.4) is 0 Å². The Hall–Kier alpha value is -1.05. The molecule has 1 heterocycles. The van der Waals surface area contributed by atoms with Gasteiger partial charge in [-0.3, -0.25) is 9.82 Å². The average molecular weight is 365 g/mol. The van der Waals surface area contributed by atoms with E-state index in [2.05, 4.69) is 30.8 Å². The van der Waals surface area contributed by atoms with Gasteiger partial charge in [0, 0.05) is 9.50 Å². The zero-order valence-electron chi connectivity index (χ0n) is 10.2. The number of nitrogens with one attached hydrogen (secondary N) is 2. The summed E-state index contributed by atoms with van der Waals surface area (Å²) in [6.45, 7) is 3.48. The second-order valence-electron chi connectivity index (χ2n) is 4.05. The van der Waals surface area contributed by atoms with E-state index in [4.69, 9.17) is 11.6 Å². The van der Waals surface area contributed by atoms with Crippen LogP contribution in [0, 0.1) is 13.8 Å². The fourth-order valence-corrected chi connectivity index (χ4v) is 3.60. The zero-order chi connectivity index (χ0) is 14.2. The number of hydrogen-bond acceptors (Lipinski definition) is 3. The standard InChI is InChI=1S/C11H11BrClN3O2S/c1-6-3-8(12)10(4-9(6)13)16-19(17,18)11-5-14-15-7(11)2/h3-5,16H,1-2H3,(H,14,15). The molecule has 0 aliphatic heterocycles. The van der Waals surface area contributed by atoms with Gasteiger partial charge >= 0.3 is 0 Å². The fourth-order valence-electron chi connectivity index (χ4n) is 1.53. The number of aromatic amines is 1. The summed E-state index contributed by atoms with van der Waals surface area (Å²) in [7, 11) is -3.69. The molecule has 5 nitrogen and oxygen atoms in total. The number of anilines is 1. The van der Waals surface area contributed by atoms with Crippen LogP contribution in [0.2, 0.25) is 5.02 Å². The molecule has 0 spiro atoms. The smallest absolute Gasteiger partial charge is 0.265 e. The maximum atomic E-state index is 12.2. The van der Waals surface area contributed by atoms with Crippen LogP contribution < -0.4 is 4.72 Å². The van der Waals surface area contributed by atoms with Gasteiger partial charge in [0.2, 0.25) is 0 Å². The highest BCUT2D eigenvalue weighted by molar-refractivity contribution is 9.10. The lowest BCUT2D eigenvalue weighted by Gasteiger charge is -2.10. The summed E-state index contributed by atoms with van der Waals surface area (Å²) in [5.41, 5.74) is 1.72. The van der Waals surface area contributed by atoms with Crippen LogP contribution in [-0.4, -0.2) is 18.6 Å². The second kappa shape index (κ2) is 5.15. The third-order valence-corrected chi connectivity index (χ3v) is 5.11. The first-order valence-corrected chi connectivity index (χ1v) is 7.95. The Labute approximate surface area is 124 Å². The number of hydrogen-bond donors (Lipinski definition) is 2. The summed E-state index contributed by atoms with van der Waals surface area (Å²) < 4.78 is 27.5. The van der Waals surface area contributed by atoms with Crippen molar-refractivity contribution in [2.24, 2.45) is 0 Å². The Morgan fingerprint density at radius 3 is 2.63 bits per heavy atom. The topological polar surface area (TPSA) is 74.8 Å². The van der Waals surface area contributed by atoms with E-state index in [0.29, 0.717) is 20.9 Å². The molecule has 2 aromatic rings. The van der Waals surface area contributed by atoms with Crippen LogP contribution in [0.1, 0.15) is 11.3 Å². The average Bonchev–Trinajstić information content (AvgIpc) is 2.73. The lowest BCUT2D eigenvalue weighted by Crippen LogP contribution is -2.13. The van der Waals surface area contributed by atoms with E-state index in [1.807, 2.05) is 6.92 Å². The van der Waals surface area contributed by atoms with Gasteiger partial charge in [-0.05, 0) is 47.5 Å². The molecule has 0 aliphatic rings. The molecule has 0 saturated carbocycles. The Bertz CT molecular complexity index is 728. The van der Waals surface area contributed by atoms with Crippen molar-refractivity contribution in [3.8, 4) is 0 Å². The molecule has 0 atom stereocenters. The summed E-state index contributed by atoms with van der Waals surface area (Å²) in [6.07, 6.45) is 1.27. The van der Waals surface area contributed by atoms with Crippen molar-refractivity contribution in [2.75, 3.05) is 4.72 Å². The van der Waals surface area contributed by atoms with Gasteiger partial charge in [-0.15, -0.1) is 0 Å². The molecule has 0 radical (unpaired) electrons. The summed E-state index contributed by atoms with van der Waals surface area (Å²) in [5.74, 6) is 0. The highest BCUT2D eigenvalue weighted by Gasteiger charge is 2.20. The largest absolute Gasteiger partial charge is 0.281 e. The van der Waals surface area contributed by atoms with E-state index < -0.39 is 10.0 Å². The number of sulfonamides is 1. The first-order valence-electron chi connectivity index (χ1n) is 5.29. The first kappa shape index (κ1) is 14.4. The highest BCUT2D eigenvalue weighted by Crippen LogP contribution is 2.31. The van der Waals surface area contributed by atoms with Crippen LogP contribution >= 0.6 is 27.5 Å². The van der Waals surface area contributed by atoms with Crippen molar-refractivity contribution in [3.63, 3.8) is 0 Å². The van der Waals surface area contributed by atoms with Crippen molar-refractivity contribution in [3.05, 3.63) is 39.1 Å². The maximum absolute atomic E-state index is 12.2. The minimum atomic E-state index is -3.69. The third kappa shape index (κ3) is 2.93. The molecular formula is C11H11BrClN3O2S. The minimum absolute atomic E-state index is 0.107. The normalized spacial score (nSPS) is 11.6. The van der Waals surface area contributed by atoms with Gasteiger partial charge in [0.1, 0.15) is 4.90 Å². The van der Waals surface area contributed by atoms with Crippen LogP contribution in [0.15, 0.2) is 27.7 Å². The number of halogens is 2. The van der Waals surface area contributed by atoms with Crippen LogP contribution in [-0.2, 0) is 10.0 Å². The summed E-state index contributed by atoms with van der Waals surface area (Å²) in [5, 5.41) is 6.78. The Morgan fingerprint density at radius 1 is 1.37 bits per heavy atom. The van der Waals surface area contributed by atoms with Gasteiger partial charge in [-0.1, -0.05) is 11.6 Å². The number of rotatable bonds is 3. The van der Waals surface area contributed by atoms with Crippen LogP contribution in [0.25, 0.3) is 0 Å². The Balaban J connectivity index is 2.42. The van der Waals surface area contributed by atoms with E-state index >= 15 is 0 Å². The molecule has 1 aromatic heterocycles. The summed E-state index contributed by atoms with van der Waals surface area (Å²) >= 11 is 9.30. The molecule has 2 N–H and O–H groups in total. The molecular weight excluding hydrogens is 354 g/mol. The predicted molar refractivity (Wildman–Crippen MR) is 78.0 cm³/mol. The van der Waals surface area contributed by atoms with Gasteiger partial charge in [-0.25, -0.2) is 8.42 Å². The molecule has 102 valence electrons. The van der Waals surface area contributed by atoms with Crippen molar-refractivity contribution < 1.29 is 8.42 Å². The van der Waals surface area contributed by atoms with Crippen molar-refractivity contribution >= 4 is 43.2 Å². The van der Waals surface area contributed by atoms with Gasteiger partial charge in [0.25, 0.3) is 10.0 Å². The molecule has 1 aromatic carbocycles. The molecule has 19 heavy (non-hydrogen) atoms. The lowest BCUT2D eigenvalue weighted by atomic mass is 10.2. The number of H-pyrrole nitrogens is 1. The van der Waals surface area contributed by atoms with Crippen LogP contribution in [0.4, 0.5) is 5.69 Å². The number of aryl methyl sites for hydroxylation is 2. The Morgan fingerprint density at radius 2 is 2.05 bits per heavy atom. The predicted octanol–water partition coefficient (Wildman–Crippen LogP) is 3.24. The molecule has 0 fully saturated rings. The van der Waals surface area contributed by atoms with Gasteiger partial charge < -0.3 is 0 Å². The third-order valence-electron chi connectivity index (χ3n) is 2.57. The SMILES string of the molecule is Cc1cc(Br)c(NS(=O)(=O)c2cn[nH]c2C)cc1Cl. The summed E-state index contributed by atoms with van der Waals surface area (Å²) in [6, 6.07) is 3.32. The number of aromatic nitrogens is 2. The van der Waals surface area contributed by atoms with E-state index in [-0.39, 0.29) is 4.90 Å². The monoisotopic (exact) mass is 363 g/mol. The van der Waals surface area contributed by atoms with E-state index in [1.54, 1.807) is 19.1 Å². The van der Waals surface area contributed by atoms with E-state index in [0.717, 1.165) is 5.56 Å². The van der Waals surface area contributed by atoms with Gasteiger partial charge in [0.15, 0.2) is 0 Å². The zero-order valence-corrected chi connectivity index (χ0v) is 13.3. The molecule has 2 rings (SSSR count). The second-order valence-corrected chi connectivity index (χ2v) is 6.96. The molecule has 0 unspecified atom stereocenters. The van der Waals surface area contributed by atoms with E-state index in [1.165, 1.54) is 6.20 Å². The Kier molecular flexibility index (Phi) is 3.89. The fraction of sp³-hybridized carbons (Fsp3) is 0.182. The maximum Gasteiger partial charge on any atom is 0.265 e. The molecule has 0 bridgehead atoms. The molecule has 8 heteroatoms. The van der Waals surface area contributed by atoms with Crippen molar-refractivity contribution in [1.82, 2.24) is 10.2 Å². The van der Waals surface area contributed by atoms with Crippen LogP contribution in [0.5, 0.6) is 0 Å². The number of nitrogens with zero attached hydrogens (tertiary/aromatic N) is 1. The highest BCUT2D eigenvalue weighted by atomic mass is 79.9. The van der Waals surface area contributed by atoms with Crippen molar-refractivity contribution in [1.29, 1.82) is 0 Å². The molecule has 0 amide bonds. The number of benzene rings is 1.